The summed E-state index contributed by atoms with van der Waals surface area (Å²) in [4.78, 5) is 9.65. The fourth-order valence-corrected chi connectivity index (χ4v) is 2.89. The molecule has 0 bridgehead atoms. The van der Waals surface area contributed by atoms with E-state index in [9.17, 15) is 18.5 Å². The highest BCUT2D eigenvalue weighted by molar-refractivity contribution is 7.89. The number of nitrogens with zero attached hydrogens (tertiary/aromatic N) is 1. The number of hydrogen-bond acceptors (Lipinski definition) is 5. The second kappa shape index (κ2) is 6.98. The van der Waals surface area contributed by atoms with Gasteiger partial charge < -0.3 is 4.74 Å². The lowest BCUT2D eigenvalue weighted by Crippen LogP contribution is -2.28. The van der Waals surface area contributed by atoms with E-state index in [2.05, 4.69) is 4.72 Å². The molecule has 7 nitrogen and oxygen atoms in total. The van der Waals surface area contributed by atoms with Crippen molar-refractivity contribution < 1.29 is 18.1 Å². The number of nitrogens with one attached hydrogen (secondary N) is 1. The van der Waals surface area contributed by atoms with Crippen molar-refractivity contribution in [2.45, 2.75) is 24.8 Å². The van der Waals surface area contributed by atoms with Crippen LogP contribution in [0.2, 0.25) is 5.02 Å². The van der Waals surface area contributed by atoms with Crippen molar-refractivity contribution >= 4 is 27.3 Å². The molecule has 112 valence electrons. The standard InChI is InChI=1S/C11H15ClN2O5S/c1-8(2)19-6-5-13-20(17,18)11-7-9(14(15)16)3-4-10(11)12/h3-4,7-8,13H,5-6H2,1-2H3. The Hall–Kier alpha value is -1.22. The molecular formula is C11H15ClN2O5S. The molecule has 0 aliphatic rings. The number of sulfonamides is 1. The molecule has 0 saturated carbocycles. The first kappa shape index (κ1) is 16.8. The van der Waals surface area contributed by atoms with Crippen LogP contribution in [0.5, 0.6) is 0 Å². The lowest BCUT2D eigenvalue weighted by atomic mass is 10.3. The van der Waals surface area contributed by atoms with E-state index in [0.29, 0.717) is 0 Å². The zero-order valence-corrected chi connectivity index (χ0v) is 12.6. The molecule has 0 radical (unpaired) electrons. The Labute approximate surface area is 122 Å². The van der Waals surface area contributed by atoms with Gasteiger partial charge in [0.15, 0.2) is 0 Å². The molecule has 0 aromatic heterocycles. The summed E-state index contributed by atoms with van der Waals surface area (Å²) in [6.45, 7) is 3.90. The minimum Gasteiger partial charge on any atom is -0.377 e. The van der Waals surface area contributed by atoms with Crippen LogP contribution >= 0.6 is 11.6 Å². The fourth-order valence-electron chi connectivity index (χ4n) is 1.36. The van der Waals surface area contributed by atoms with Crippen LogP contribution in [0.4, 0.5) is 5.69 Å². The van der Waals surface area contributed by atoms with Gasteiger partial charge in [-0.3, -0.25) is 10.1 Å². The van der Waals surface area contributed by atoms with Crippen molar-refractivity contribution in [3.05, 3.63) is 33.3 Å². The van der Waals surface area contributed by atoms with Crippen molar-refractivity contribution in [3.63, 3.8) is 0 Å². The molecule has 0 unspecified atom stereocenters. The summed E-state index contributed by atoms with van der Waals surface area (Å²) in [5, 5.41) is 10.6. The van der Waals surface area contributed by atoms with Gasteiger partial charge in [-0.25, -0.2) is 13.1 Å². The number of halogens is 1. The average Bonchev–Trinajstić information content (AvgIpc) is 2.34. The normalized spacial score (nSPS) is 11.8. The number of rotatable bonds is 7. The number of benzene rings is 1. The van der Waals surface area contributed by atoms with Crippen LogP contribution in [0.3, 0.4) is 0 Å². The maximum atomic E-state index is 12.0. The highest BCUT2D eigenvalue weighted by Gasteiger charge is 2.21. The maximum absolute atomic E-state index is 12.0. The molecule has 0 fully saturated rings. The van der Waals surface area contributed by atoms with Gasteiger partial charge in [0.25, 0.3) is 5.69 Å². The van der Waals surface area contributed by atoms with Gasteiger partial charge in [-0.05, 0) is 19.9 Å². The van der Waals surface area contributed by atoms with Gasteiger partial charge in [0.2, 0.25) is 10.0 Å². The van der Waals surface area contributed by atoms with E-state index < -0.39 is 14.9 Å². The zero-order valence-electron chi connectivity index (χ0n) is 11.0. The molecule has 0 saturated heterocycles. The van der Waals surface area contributed by atoms with Crippen LogP contribution in [-0.2, 0) is 14.8 Å². The van der Waals surface area contributed by atoms with Crippen molar-refractivity contribution in [3.8, 4) is 0 Å². The first-order valence-electron chi connectivity index (χ1n) is 5.79. The fraction of sp³-hybridized carbons (Fsp3) is 0.455. The topological polar surface area (TPSA) is 98.5 Å². The highest BCUT2D eigenvalue weighted by Crippen LogP contribution is 2.25. The third-order valence-electron chi connectivity index (χ3n) is 2.26. The van der Waals surface area contributed by atoms with Gasteiger partial charge in [-0.2, -0.15) is 0 Å². The quantitative estimate of drug-likeness (QED) is 0.470. The van der Waals surface area contributed by atoms with Crippen molar-refractivity contribution in [2.75, 3.05) is 13.2 Å². The van der Waals surface area contributed by atoms with E-state index in [4.69, 9.17) is 16.3 Å². The van der Waals surface area contributed by atoms with E-state index in [1.807, 2.05) is 13.8 Å². The first-order valence-corrected chi connectivity index (χ1v) is 7.65. The van der Waals surface area contributed by atoms with Crippen LogP contribution in [0, 0.1) is 10.1 Å². The summed E-state index contributed by atoms with van der Waals surface area (Å²) >= 11 is 5.78. The van der Waals surface area contributed by atoms with Crippen LogP contribution in [0.25, 0.3) is 0 Å². The van der Waals surface area contributed by atoms with Gasteiger partial charge in [0.1, 0.15) is 4.90 Å². The Morgan fingerprint density at radius 3 is 2.65 bits per heavy atom. The highest BCUT2D eigenvalue weighted by atomic mass is 35.5. The Bertz CT molecular complexity index is 588. The molecule has 0 aliphatic heterocycles. The van der Waals surface area contributed by atoms with E-state index in [1.165, 1.54) is 6.07 Å². The number of ether oxygens (including phenoxy) is 1. The third-order valence-corrected chi connectivity index (χ3v) is 4.20. The molecule has 1 N–H and O–H groups in total. The van der Waals surface area contributed by atoms with E-state index in [1.54, 1.807) is 0 Å². The zero-order chi connectivity index (χ0) is 15.3. The van der Waals surface area contributed by atoms with Crippen LogP contribution in [0.1, 0.15) is 13.8 Å². The summed E-state index contributed by atoms with van der Waals surface area (Å²) in [6.07, 6.45) is -0.0131. The largest absolute Gasteiger partial charge is 0.377 e. The molecule has 0 spiro atoms. The van der Waals surface area contributed by atoms with Gasteiger partial charge in [-0.1, -0.05) is 11.6 Å². The smallest absolute Gasteiger partial charge is 0.270 e. The monoisotopic (exact) mass is 322 g/mol. The molecule has 1 aromatic rings. The number of nitro benzene ring substituents is 1. The third kappa shape index (κ3) is 4.71. The van der Waals surface area contributed by atoms with Crippen molar-refractivity contribution in [2.24, 2.45) is 0 Å². The molecule has 9 heteroatoms. The second-order valence-electron chi connectivity index (χ2n) is 4.19. The van der Waals surface area contributed by atoms with Crippen LogP contribution in [0.15, 0.2) is 23.1 Å². The van der Waals surface area contributed by atoms with E-state index >= 15 is 0 Å². The SMILES string of the molecule is CC(C)OCCNS(=O)(=O)c1cc([N+](=O)[O-])ccc1Cl. The molecule has 20 heavy (non-hydrogen) atoms. The average molecular weight is 323 g/mol. The Balaban J connectivity index is 2.86. The lowest BCUT2D eigenvalue weighted by molar-refractivity contribution is -0.385. The summed E-state index contributed by atoms with van der Waals surface area (Å²) in [7, 11) is -3.91. The second-order valence-corrected chi connectivity index (χ2v) is 6.33. The lowest BCUT2D eigenvalue weighted by Gasteiger charge is -2.10. The van der Waals surface area contributed by atoms with Crippen molar-refractivity contribution in [1.29, 1.82) is 0 Å². The van der Waals surface area contributed by atoms with Crippen LogP contribution in [-0.4, -0.2) is 32.6 Å². The summed E-state index contributed by atoms with van der Waals surface area (Å²) in [5.74, 6) is 0. The number of hydrogen-bond donors (Lipinski definition) is 1. The van der Waals surface area contributed by atoms with Crippen LogP contribution < -0.4 is 4.72 Å². The molecule has 0 aliphatic carbocycles. The molecule has 0 atom stereocenters. The number of nitro groups is 1. The minimum absolute atomic E-state index is 0.0131. The molecule has 1 rings (SSSR count). The molecular weight excluding hydrogens is 308 g/mol. The summed E-state index contributed by atoms with van der Waals surface area (Å²) in [6, 6.07) is 3.25. The maximum Gasteiger partial charge on any atom is 0.270 e. The number of non-ortho nitro benzene ring substituents is 1. The summed E-state index contributed by atoms with van der Waals surface area (Å²) in [5.41, 5.74) is -0.340. The Kier molecular flexibility index (Phi) is 5.88. The predicted octanol–water partition coefficient (Wildman–Crippen LogP) is 1.95. The first-order chi connectivity index (χ1) is 9.24. The summed E-state index contributed by atoms with van der Waals surface area (Å²) < 4.78 is 31.5. The van der Waals surface area contributed by atoms with Gasteiger partial charge in [-0.15, -0.1) is 0 Å². The molecule has 1 aromatic carbocycles. The molecule has 0 amide bonds. The molecule has 0 heterocycles. The Morgan fingerprint density at radius 2 is 2.10 bits per heavy atom. The minimum atomic E-state index is -3.91. The van der Waals surface area contributed by atoms with Crippen molar-refractivity contribution in [1.82, 2.24) is 4.72 Å². The predicted molar refractivity (Wildman–Crippen MR) is 74.4 cm³/mol. The van der Waals surface area contributed by atoms with E-state index in [-0.39, 0.29) is 34.9 Å². The Morgan fingerprint density at radius 1 is 1.45 bits per heavy atom. The van der Waals surface area contributed by atoms with Gasteiger partial charge >= 0.3 is 0 Å². The van der Waals surface area contributed by atoms with Gasteiger partial charge in [0, 0.05) is 18.7 Å². The van der Waals surface area contributed by atoms with E-state index in [0.717, 1.165) is 12.1 Å². The van der Waals surface area contributed by atoms with Gasteiger partial charge in [0.05, 0.1) is 22.7 Å².